The minimum Gasteiger partial charge on any atom is -0.456 e. The van der Waals surface area contributed by atoms with Crippen LogP contribution in [0.1, 0.15) is 0 Å². The zero-order chi connectivity index (χ0) is 42.8. The second-order valence-corrected chi connectivity index (χ2v) is 16.9. The van der Waals surface area contributed by atoms with Crippen LogP contribution in [0, 0.1) is 0 Å². The van der Waals surface area contributed by atoms with Crippen molar-refractivity contribution in [1.29, 1.82) is 0 Å². The molecule has 0 aliphatic rings. The number of furan rings is 1. The normalized spacial score (nSPS) is 11.7. The molecular weight excluding hydrogens is 789 g/mol. The van der Waals surface area contributed by atoms with Gasteiger partial charge >= 0.3 is 0 Å². The van der Waals surface area contributed by atoms with Crippen LogP contribution in [0.15, 0.2) is 247 Å². The van der Waals surface area contributed by atoms with Gasteiger partial charge in [-0.15, -0.1) is 0 Å². The first kappa shape index (κ1) is 36.9. The van der Waals surface area contributed by atoms with E-state index < -0.39 is 0 Å². The number of rotatable bonds is 7. The maximum absolute atomic E-state index is 6.33. The Morgan fingerprint density at radius 2 is 0.846 bits per heavy atom. The molecule has 3 nitrogen and oxygen atoms in total. The number of para-hydroxylation sites is 3. The molecule has 2 aromatic heterocycles. The van der Waals surface area contributed by atoms with Crippen LogP contribution in [0.2, 0.25) is 0 Å². The highest BCUT2D eigenvalue weighted by atomic mass is 16.3. The summed E-state index contributed by atoms with van der Waals surface area (Å²) in [6.07, 6.45) is 0. The number of hydrogen-bond donors (Lipinski definition) is 0. The third-order valence-electron chi connectivity index (χ3n) is 13.2. The molecule has 0 fully saturated rings. The predicted octanol–water partition coefficient (Wildman–Crippen LogP) is 17.5. The fraction of sp³-hybridized carbons (Fsp3) is 0. The fourth-order valence-corrected chi connectivity index (χ4v) is 10.1. The second-order valence-electron chi connectivity index (χ2n) is 16.9. The summed E-state index contributed by atoms with van der Waals surface area (Å²) < 4.78 is 8.70. The van der Waals surface area contributed by atoms with Gasteiger partial charge in [-0.1, -0.05) is 164 Å². The summed E-state index contributed by atoms with van der Waals surface area (Å²) in [6, 6.07) is 87.8. The molecule has 0 amide bonds. The fourth-order valence-electron chi connectivity index (χ4n) is 10.1. The lowest BCUT2D eigenvalue weighted by Gasteiger charge is -2.27. The van der Waals surface area contributed by atoms with Gasteiger partial charge in [-0.2, -0.15) is 0 Å². The Labute approximate surface area is 376 Å². The van der Waals surface area contributed by atoms with Crippen LogP contribution >= 0.6 is 0 Å². The van der Waals surface area contributed by atoms with Gasteiger partial charge in [-0.25, -0.2) is 0 Å². The topological polar surface area (TPSA) is 21.3 Å². The zero-order valence-corrected chi connectivity index (χ0v) is 35.4. The molecule has 65 heavy (non-hydrogen) atoms. The molecular formula is C62H40N2O. The first-order chi connectivity index (χ1) is 32.2. The lowest BCUT2D eigenvalue weighted by molar-refractivity contribution is 0.669. The Balaban J connectivity index is 0.908. The van der Waals surface area contributed by atoms with E-state index in [0.717, 1.165) is 66.9 Å². The van der Waals surface area contributed by atoms with Crippen molar-refractivity contribution in [1.82, 2.24) is 4.57 Å². The van der Waals surface area contributed by atoms with Crippen LogP contribution < -0.4 is 4.90 Å². The third-order valence-corrected chi connectivity index (χ3v) is 13.2. The summed E-state index contributed by atoms with van der Waals surface area (Å²) in [4.78, 5) is 2.38. The smallest absolute Gasteiger partial charge is 0.136 e. The first-order valence-corrected chi connectivity index (χ1v) is 22.2. The van der Waals surface area contributed by atoms with Gasteiger partial charge in [-0.05, 0) is 134 Å². The van der Waals surface area contributed by atoms with Gasteiger partial charge in [-0.3, -0.25) is 0 Å². The summed E-state index contributed by atoms with van der Waals surface area (Å²) in [6.45, 7) is 0. The minimum atomic E-state index is 0.890. The van der Waals surface area contributed by atoms with E-state index in [1.54, 1.807) is 0 Å². The Morgan fingerprint density at radius 1 is 0.308 bits per heavy atom. The van der Waals surface area contributed by atoms with Crippen molar-refractivity contribution in [3.05, 3.63) is 243 Å². The Hall–Kier alpha value is -8.66. The van der Waals surface area contributed by atoms with Gasteiger partial charge in [0.15, 0.2) is 0 Å². The molecule has 0 saturated carbocycles. The summed E-state index contributed by atoms with van der Waals surface area (Å²) >= 11 is 0. The minimum absolute atomic E-state index is 0.890. The standard InChI is InChI=1S/C62H40N2O/c1-2-17-52-43(12-1)26-27-47-38-45(32-37-53(47)52)44-13-9-15-50(39-44)63(51-16-10-14-46(40-51)54-21-11-25-61-62(54)57-20-5-8-24-60(57)65-61)48-33-28-41(29-34-48)42-30-35-49(36-31-42)64-58-22-6-3-18-55(58)56-19-4-7-23-59(56)64/h1-40H. The Morgan fingerprint density at radius 3 is 1.60 bits per heavy atom. The Kier molecular flexibility index (Phi) is 8.53. The highest BCUT2D eigenvalue weighted by Crippen LogP contribution is 2.42. The van der Waals surface area contributed by atoms with E-state index in [9.17, 15) is 0 Å². The highest BCUT2D eigenvalue weighted by Gasteiger charge is 2.18. The maximum atomic E-state index is 6.33. The van der Waals surface area contributed by atoms with Crippen LogP contribution in [0.3, 0.4) is 0 Å². The van der Waals surface area contributed by atoms with Gasteiger partial charge in [0.2, 0.25) is 0 Å². The van der Waals surface area contributed by atoms with E-state index in [1.807, 2.05) is 12.1 Å². The van der Waals surface area contributed by atoms with E-state index in [2.05, 4.69) is 240 Å². The van der Waals surface area contributed by atoms with Gasteiger partial charge in [0, 0.05) is 44.3 Å². The molecule has 0 saturated heterocycles. The van der Waals surface area contributed by atoms with Crippen LogP contribution in [0.5, 0.6) is 0 Å². The third kappa shape index (κ3) is 6.20. The van der Waals surface area contributed by atoms with Crippen LogP contribution in [-0.4, -0.2) is 4.57 Å². The van der Waals surface area contributed by atoms with E-state index in [0.29, 0.717) is 0 Å². The van der Waals surface area contributed by atoms with Crippen LogP contribution in [0.25, 0.3) is 104 Å². The number of nitrogens with zero attached hydrogens (tertiary/aromatic N) is 2. The molecule has 0 unspecified atom stereocenters. The van der Waals surface area contributed by atoms with Crippen molar-refractivity contribution in [2.24, 2.45) is 0 Å². The quantitative estimate of drug-likeness (QED) is 0.149. The average molecular weight is 829 g/mol. The largest absolute Gasteiger partial charge is 0.456 e. The molecule has 0 aliphatic carbocycles. The van der Waals surface area contributed by atoms with Crippen LogP contribution in [0.4, 0.5) is 17.1 Å². The molecule has 11 aromatic carbocycles. The molecule has 13 aromatic rings. The van der Waals surface area contributed by atoms with Gasteiger partial charge in [0.05, 0.1) is 11.0 Å². The summed E-state index contributed by atoms with van der Waals surface area (Å²) in [7, 11) is 0. The molecule has 304 valence electrons. The molecule has 2 heterocycles. The summed E-state index contributed by atoms with van der Waals surface area (Å²) in [5.74, 6) is 0. The van der Waals surface area contributed by atoms with E-state index in [1.165, 1.54) is 54.5 Å². The van der Waals surface area contributed by atoms with Crippen molar-refractivity contribution >= 4 is 82.4 Å². The molecule has 13 rings (SSSR count). The Bertz CT molecular complexity index is 3900. The van der Waals surface area contributed by atoms with E-state index in [4.69, 9.17) is 4.42 Å². The second kappa shape index (κ2) is 15.0. The average Bonchev–Trinajstić information content (AvgIpc) is 3.93. The monoisotopic (exact) mass is 828 g/mol. The predicted molar refractivity (Wildman–Crippen MR) is 274 cm³/mol. The van der Waals surface area contributed by atoms with Gasteiger partial charge < -0.3 is 13.9 Å². The SMILES string of the molecule is c1cc(-c2ccc3c(ccc4ccccc43)c2)cc(N(c2ccc(-c3ccc(-n4c5ccccc5c5ccccc54)cc3)cc2)c2cccc(-c3cccc4oc5ccccc5c34)c2)c1. The molecule has 0 N–H and O–H groups in total. The van der Waals surface area contributed by atoms with Crippen molar-refractivity contribution in [3.8, 4) is 39.1 Å². The van der Waals surface area contributed by atoms with Crippen molar-refractivity contribution in [2.75, 3.05) is 4.90 Å². The summed E-state index contributed by atoms with van der Waals surface area (Å²) in [5.41, 5.74) is 15.5. The first-order valence-electron chi connectivity index (χ1n) is 22.2. The van der Waals surface area contributed by atoms with Crippen LogP contribution in [-0.2, 0) is 0 Å². The van der Waals surface area contributed by atoms with Crippen molar-refractivity contribution < 1.29 is 4.42 Å². The van der Waals surface area contributed by atoms with Gasteiger partial charge in [0.1, 0.15) is 11.2 Å². The number of aromatic nitrogens is 1. The van der Waals surface area contributed by atoms with Crippen molar-refractivity contribution in [3.63, 3.8) is 0 Å². The lowest BCUT2D eigenvalue weighted by Crippen LogP contribution is -2.10. The number of hydrogen-bond acceptors (Lipinski definition) is 2. The summed E-state index contributed by atoms with van der Waals surface area (Å²) in [5, 5.41) is 9.81. The highest BCUT2D eigenvalue weighted by molar-refractivity contribution is 6.13. The number of anilines is 3. The number of benzene rings is 11. The molecule has 0 bridgehead atoms. The molecule has 3 heteroatoms. The molecule has 0 radical (unpaired) electrons. The number of fused-ring (bicyclic) bond motifs is 9. The van der Waals surface area contributed by atoms with E-state index >= 15 is 0 Å². The van der Waals surface area contributed by atoms with E-state index in [-0.39, 0.29) is 0 Å². The van der Waals surface area contributed by atoms with Gasteiger partial charge in [0.25, 0.3) is 0 Å². The van der Waals surface area contributed by atoms with Crippen molar-refractivity contribution in [2.45, 2.75) is 0 Å². The molecule has 0 atom stereocenters. The molecule has 0 aliphatic heterocycles. The lowest BCUT2D eigenvalue weighted by atomic mass is 9.97. The zero-order valence-electron chi connectivity index (χ0n) is 35.4. The molecule has 0 spiro atoms. The maximum Gasteiger partial charge on any atom is 0.136 e.